The Morgan fingerprint density at radius 2 is 2.03 bits per heavy atom. The van der Waals surface area contributed by atoms with Gasteiger partial charge in [0.2, 0.25) is 11.8 Å². The normalized spacial score (nSPS) is 24.2. The Morgan fingerprint density at radius 1 is 1.21 bits per heavy atom. The molecule has 3 heterocycles. The maximum absolute atomic E-state index is 12.2. The van der Waals surface area contributed by atoms with E-state index in [2.05, 4.69) is 46.0 Å². The van der Waals surface area contributed by atoms with Crippen LogP contribution in [0, 0.1) is 0 Å². The van der Waals surface area contributed by atoms with Crippen molar-refractivity contribution in [3.63, 3.8) is 0 Å². The zero-order valence-electron chi connectivity index (χ0n) is 17.2. The molecule has 0 aromatic heterocycles. The fourth-order valence-electron chi connectivity index (χ4n) is 4.60. The number of nitrogens with one attached hydrogen (secondary N) is 3. The number of hydrogen-bond donors (Lipinski definition) is 3. The van der Waals surface area contributed by atoms with Crippen molar-refractivity contribution in [2.75, 3.05) is 25.0 Å². The summed E-state index contributed by atoms with van der Waals surface area (Å²) in [5.41, 5.74) is 3.68. The number of ether oxygens (including phenoxy) is 1. The van der Waals surface area contributed by atoms with Crippen LogP contribution in [0.2, 0.25) is 0 Å². The van der Waals surface area contributed by atoms with Gasteiger partial charge in [-0.25, -0.2) is 0 Å². The van der Waals surface area contributed by atoms with Crippen LogP contribution in [0.15, 0.2) is 18.2 Å². The quantitative estimate of drug-likeness (QED) is 0.605. The maximum Gasteiger partial charge on any atom is 0.243 e. The second kappa shape index (κ2) is 9.24. The molecule has 0 aliphatic carbocycles. The smallest absolute Gasteiger partial charge is 0.243 e. The first-order chi connectivity index (χ1) is 14.1. The van der Waals surface area contributed by atoms with Crippen molar-refractivity contribution in [2.45, 2.75) is 70.4 Å². The Labute approximate surface area is 172 Å². The molecule has 1 aromatic carbocycles. The Balaban J connectivity index is 1.29. The monoisotopic (exact) mass is 400 g/mol. The van der Waals surface area contributed by atoms with E-state index in [1.807, 2.05) is 0 Å². The van der Waals surface area contributed by atoms with Crippen LogP contribution in [0.1, 0.15) is 50.2 Å². The van der Waals surface area contributed by atoms with Gasteiger partial charge in [0, 0.05) is 31.7 Å². The number of nitrogens with zero attached hydrogens (tertiary/aromatic N) is 1. The highest BCUT2D eigenvalue weighted by molar-refractivity contribution is 6.00. The van der Waals surface area contributed by atoms with Crippen molar-refractivity contribution < 1.29 is 14.3 Å². The molecule has 4 rings (SSSR count). The lowest BCUT2D eigenvalue weighted by molar-refractivity contribution is -0.137. The second-order valence-corrected chi connectivity index (χ2v) is 8.43. The van der Waals surface area contributed by atoms with E-state index in [1.54, 1.807) is 0 Å². The Hall–Kier alpha value is -1.96. The minimum Gasteiger partial charge on any atom is -0.385 e. The summed E-state index contributed by atoms with van der Waals surface area (Å²) in [6.45, 7) is 6.62. The molecule has 29 heavy (non-hydrogen) atoms. The van der Waals surface area contributed by atoms with E-state index in [-0.39, 0.29) is 24.0 Å². The van der Waals surface area contributed by atoms with Crippen LogP contribution in [0.4, 0.5) is 5.69 Å². The van der Waals surface area contributed by atoms with Gasteiger partial charge in [0.15, 0.2) is 0 Å². The molecule has 2 atom stereocenters. The number of fused-ring (bicyclic) bond motifs is 1. The van der Waals surface area contributed by atoms with Crippen LogP contribution in [0.25, 0.3) is 0 Å². The first-order valence-electron chi connectivity index (χ1n) is 10.9. The van der Waals surface area contributed by atoms with Crippen LogP contribution in [-0.4, -0.2) is 54.6 Å². The zero-order chi connectivity index (χ0) is 20.2. The van der Waals surface area contributed by atoms with Crippen molar-refractivity contribution in [1.29, 1.82) is 0 Å². The van der Waals surface area contributed by atoms with E-state index in [9.17, 15) is 9.59 Å². The number of amides is 2. The summed E-state index contributed by atoms with van der Waals surface area (Å²) in [6.07, 6.45) is 4.80. The number of hydrogen-bond acceptors (Lipinski definition) is 6. The third-order valence-corrected chi connectivity index (χ3v) is 6.24. The molecular weight excluding hydrogens is 368 g/mol. The molecule has 0 radical (unpaired) electrons. The number of anilines is 1. The van der Waals surface area contributed by atoms with Gasteiger partial charge in [0.05, 0.1) is 18.2 Å². The zero-order valence-corrected chi connectivity index (χ0v) is 17.2. The molecule has 1 unspecified atom stereocenters. The Kier molecular flexibility index (Phi) is 6.47. The van der Waals surface area contributed by atoms with Gasteiger partial charge < -0.3 is 15.4 Å². The third kappa shape index (κ3) is 4.97. The lowest BCUT2D eigenvalue weighted by Gasteiger charge is -2.29. The number of imide groups is 1. The number of carbonyl (C=O) groups is 2. The lowest BCUT2D eigenvalue weighted by atomic mass is 10.0. The predicted molar refractivity (Wildman–Crippen MR) is 111 cm³/mol. The summed E-state index contributed by atoms with van der Waals surface area (Å²) < 4.78 is 6.18. The SMILES string of the molecule is C[C@H](CCNc1cccc2c1CN(C1CCC(=O)NC1=O)C2)OC1CCNCC1. The van der Waals surface area contributed by atoms with Crippen LogP contribution < -0.4 is 16.0 Å². The van der Waals surface area contributed by atoms with Crippen LogP contribution in [0.5, 0.6) is 0 Å². The van der Waals surface area contributed by atoms with Gasteiger partial charge in [-0.2, -0.15) is 0 Å². The summed E-state index contributed by atoms with van der Waals surface area (Å²) in [5, 5.41) is 9.43. The fourth-order valence-corrected chi connectivity index (χ4v) is 4.60. The van der Waals surface area contributed by atoms with Crippen LogP contribution >= 0.6 is 0 Å². The van der Waals surface area contributed by atoms with Gasteiger partial charge in [-0.3, -0.25) is 19.8 Å². The van der Waals surface area contributed by atoms with Gasteiger partial charge in [0.25, 0.3) is 0 Å². The predicted octanol–water partition coefficient (Wildman–Crippen LogP) is 1.77. The number of piperidine rings is 2. The summed E-state index contributed by atoms with van der Waals surface area (Å²) >= 11 is 0. The molecule has 7 nitrogen and oxygen atoms in total. The van der Waals surface area contributed by atoms with E-state index >= 15 is 0 Å². The van der Waals surface area contributed by atoms with Crippen molar-refractivity contribution in [3.05, 3.63) is 29.3 Å². The van der Waals surface area contributed by atoms with E-state index in [0.717, 1.165) is 57.7 Å². The molecule has 0 bridgehead atoms. The largest absolute Gasteiger partial charge is 0.385 e. The fraction of sp³-hybridized carbons (Fsp3) is 0.636. The second-order valence-electron chi connectivity index (χ2n) is 8.43. The summed E-state index contributed by atoms with van der Waals surface area (Å²) in [4.78, 5) is 25.8. The lowest BCUT2D eigenvalue weighted by Crippen LogP contribution is -2.50. The minimum atomic E-state index is -0.216. The van der Waals surface area contributed by atoms with Gasteiger partial charge in [-0.1, -0.05) is 12.1 Å². The number of carbonyl (C=O) groups excluding carboxylic acids is 2. The van der Waals surface area contributed by atoms with Crippen molar-refractivity contribution in [2.24, 2.45) is 0 Å². The van der Waals surface area contributed by atoms with Gasteiger partial charge >= 0.3 is 0 Å². The summed E-state index contributed by atoms with van der Waals surface area (Å²) in [6, 6.07) is 6.11. The average molecular weight is 401 g/mol. The molecule has 1 aromatic rings. The van der Waals surface area contributed by atoms with Gasteiger partial charge in [-0.15, -0.1) is 0 Å². The van der Waals surface area contributed by atoms with Crippen molar-refractivity contribution in [3.8, 4) is 0 Å². The highest BCUT2D eigenvalue weighted by Crippen LogP contribution is 2.32. The molecule has 3 aliphatic heterocycles. The standard InChI is InChI=1S/C22H32N4O3/c1-15(29-17-8-10-23-11-9-17)7-12-24-19-4-2-3-16-13-26(14-18(16)19)20-5-6-21(27)25-22(20)28/h2-4,15,17,20,23-24H,5-14H2,1H3,(H,25,27,28)/t15-,20?/m1/s1. The molecule has 0 saturated carbocycles. The molecule has 3 N–H and O–H groups in total. The number of rotatable bonds is 7. The summed E-state index contributed by atoms with van der Waals surface area (Å²) in [7, 11) is 0. The van der Waals surface area contributed by atoms with E-state index in [4.69, 9.17) is 4.74 Å². The maximum atomic E-state index is 12.2. The topological polar surface area (TPSA) is 82.7 Å². The average Bonchev–Trinajstić information content (AvgIpc) is 3.13. The van der Waals surface area contributed by atoms with Gasteiger partial charge in [0.1, 0.15) is 0 Å². The molecule has 2 amide bonds. The third-order valence-electron chi connectivity index (χ3n) is 6.24. The van der Waals surface area contributed by atoms with E-state index in [0.29, 0.717) is 18.9 Å². The Morgan fingerprint density at radius 3 is 2.83 bits per heavy atom. The van der Waals surface area contributed by atoms with Gasteiger partial charge in [-0.05, 0) is 62.9 Å². The summed E-state index contributed by atoms with van der Waals surface area (Å²) in [5.74, 6) is -0.321. The minimum absolute atomic E-state index is 0.160. The van der Waals surface area contributed by atoms with Crippen molar-refractivity contribution in [1.82, 2.24) is 15.5 Å². The highest BCUT2D eigenvalue weighted by atomic mass is 16.5. The molecule has 0 spiro atoms. The molecule has 2 fully saturated rings. The molecule has 7 heteroatoms. The van der Waals surface area contributed by atoms with Crippen LogP contribution in [-0.2, 0) is 27.4 Å². The van der Waals surface area contributed by atoms with E-state index < -0.39 is 0 Å². The molecule has 158 valence electrons. The van der Waals surface area contributed by atoms with E-state index in [1.165, 1.54) is 11.1 Å². The van der Waals surface area contributed by atoms with Crippen molar-refractivity contribution >= 4 is 17.5 Å². The van der Waals surface area contributed by atoms with Crippen LogP contribution in [0.3, 0.4) is 0 Å². The molecule has 2 saturated heterocycles. The highest BCUT2D eigenvalue weighted by Gasteiger charge is 2.35. The molecule has 3 aliphatic rings. The number of benzene rings is 1. The molecular formula is C22H32N4O3. The first-order valence-corrected chi connectivity index (χ1v) is 10.9. The first kappa shape index (κ1) is 20.3. The Bertz CT molecular complexity index is 748.